The first-order valence-electron chi connectivity index (χ1n) is 5.34. The van der Waals surface area contributed by atoms with Gasteiger partial charge in [-0.25, -0.2) is 4.98 Å². The molecule has 1 rings (SSSR count). The van der Waals surface area contributed by atoms with E-state index in [1.807, 2.05) is 12.3 Å². The molecular weight excluding hydrogens is 208 g/mol. The Balaban J connectivity index is 2.32. The molecule has 0 amide bonds. The van der Waals surface area contributed by atoms with Crippen LogP contribution >= 0.6 is 11.3 Å². The third-order valence-corrected chi connectivity index (χ3v) is 3.01. The van der Waals surface area contributed by atoms with Crippen molar-refractivity contribution in [2.75, 3.05) is 6.54 Å². The van der Waals surface area contributed by atoms with Crippen LogP contribution in [0.2, 0.25) is 0 Å². The SMILES string of the molecule is CC(C)NCCC(C)(O)Cc1nccs1. The Hall–Kier alpha value is -0.450. The summed E-state index contributed by atoms with van der Waals surface area (Å²) in [5.74, 6) is 0. The van der Waals surface area contributed by atoms with E-state index in [9.17, 15) is 5.11 Å². The van der Waals surface area contributed by atoms with Gasteiger partial charge >= 0.3 is 0 Å². The predicted octanol–water partition coefficient (Wildman–Crippen LogP) is 1.82. The van der Waals surface area contributed by atoms with Crippen molar-refractivity contribution < 1.29 is 5.11 Å². The number of rotatable bonds is 6. The summed E-state index contributed by atoms with van der Waals surface area (Å²) in [6.07, 6.45) is 3.18. The van der Waals surface area contributed by atoms with Crippen molar-refractivity contribution in [2.45, 2.75) is 45.3 Å². The van der Waals surface area contributed by atoms with Gasteiger partial charge in [0.1, 0.15) is 0 Å². The van der Waals surface area contributed by atoms with E-state index in [2.05, 4.69) is 24.1 Å². The van der Waals surface area contributed by atoms with E-state index in [0.29, 0.717) is 12.5 Å². The highest BCUT2D eigenvalue weighted by atomic mass is 32.1. The molecular formula is C11H20N2OS. The van der Waals surface area contributed by atoms with Crippen molar-refractivity contribution in [1.29, 1.82) is 0 Å². The molecule has 0 saturated carbocycles. The van der Waals surface area contributed by atoms with Crippen LogP contribution < -0.4 is 5.32 Å². The van der Waals surface area contributed by atoms with Gasteiger partial charge in [-0.2, -0.15) is 0 Å². The molecule has 0 bridgehead atoms. The largest absolute Gasteiger partial charge is 0.390 e. The zero-order valence-electron chi connectivity index (χ0n) is 9.66. The maximum atomic E-state index is 10.1. The number of aromatic nitrogens is 1. The Labute approximate surface area is 95.6 Å². The van der Waals surface area contributed by atoms with Gasteiger partial charge in [0, 0.05) is 24.0 Å². The van der Waals surface area contributed by atoms with Crippen LogP contribution in [0.3, 0.4) is 0 Å². The topological polar surface area (TPSA) is 45.1 Å². The zero-order chi connectivity index (χ0) is 11.3. The molecule has 1 heterocycles. The fraction of sp³-hybridized carbons (Fsp3) is 0.727. The van der Waals surface area contributed by atoms with Crippen molar-refractivity contribution in [3.8, 4) is 0 Å². The van der Waals surface area contributed by atoms with Crippen LogP contribution in [-0.4, -0.2) is 28.3 Å². The van der Waals surface area contributed by atoms with Gasteiger partial charge in [-0.1, -0.05) is 13.8 Å². The van der Waals surface area contributed by atoms with E-state index in [4.69, 9.17) is 0 Å². The predicted molar refractivity (Wildman–Crippen MR) is 64.2 cm³/mol. The van der Waals surface area contributed by atoms with Gasteiger partial charge in [-0.3, -0.25) is 0 Å². The second-order valence-electron chi connectivity index (χ2n) is 4.46. The van der Waals surface area contributed by atoms with Crippen molar-refractivity contribution in [2.24, 2.45) is 0 Å². The second kappa shape index (κ2) is 5.58. The van der Waals surface area contributed by atoms with E-state index in [1.165, 1.54) is 0 Å². The lowest BCUT2D eigenvalue weighted by Gasteiger charge is -2.22. The third-order valence-electron chi connectivity index (χ3n) is 2.23. The molecule has 3 nitrogen and oxygen atoms in total. The summed E-state index contributed by atoms with van der Waals surface area (Å²) < 4.78 is 0. The van der Waals surface area contributed by atoms with Crippen LogP contribution in [0.25, 0.3) is 0 Å². The normalized spacial score (nSPS) is 15.5. The van der Waals surface area contributed by atoms with Crippen molar-refractivity contribution in [1.82, 2.24) is 10.3 Å². The maximum absolute atomic E-state index is 10.1. The molecule has 1 aromatic rings. The van der Waals surface area contributed by atoms with E-state index < -0.39 is 5.60 Å². The Morgan fingerprint density at radius 1 is 1.60 bits per heavy atom. The molecule has 2 N–H and O–H groups in total. The summed E-state index contributed by atoms with van der Waals surface area (Å²) in [5.41, 5.74) is -0.653. The fourth-order valence-corrected chi connectivity index (χ4v) is 2.18. The molecule has 15 heavy (non-hydrogen) atoms. The van der Waals surface area contributed by atoms with E-state index >= 15 is 0 Å². The molecule has 86 valence electrons. The number of nitrogens with one attached hydrogen (secondary N) is 1. The molecule has 0 aliphatic heterocycles. The third kappa shape index (κ3) is 5.25. The molecule has 1 aromatic heterocycles. The van der Waals surface area contributed by atoms with Crippen LogP contribution in [0.1, 0.15) is 32.2 Å². The second-order valence-corrected chi connectivity index (χ2v) is 5.44. The number of thiazole rings is 1. The fourth-order valence-electron chi connectivity index (χ4n) is 1.38. The lowest BCUT2D eigenvalue weighted by Crippen LogP contribution is -2.34. The van der Waals surface area contributed by atoms with Crippen LogP contribution in [0.15, 0.2) is 11.6 Å². The Morgan fingerprint density at radius 3 is 2.87 bits per heavy atom. The van der Waals surface area contributed by atoms with Crippen LogP contribution in [-0.2, 0) is 6.42 Å². The first-order valence-corrected chi connectivity index (χ1v) is 6.22. The van der Waals surface area contributed by atoms with Crippen molar-refractivity contribution in [3.05, 3.63) is 16.6 Å². The van der Waals surface area contributed by atoms with Gasteiger partial charge in [0.2, 0.25) is 0 Å². The number of hydrogen-bond donors (Lipinski definition) is 2. The highest BCUT2D eigenvalue weighted by Gasteiger charge is 2.21. The van der Waals surface area contributed by atoms with E-state index in [-0.39, 0.29) is 0 Å². The summed E-state index contributed by atoms with van der Waals surface area (Å²) in [5, 5.41) is 16.4. The molecule has 0 spiro atoms. The van der Waals surface area contributed by atoms with Gasteiger partial charge < -0.3 is 10.4 Å². The highest BCUT2D eigenvalue weighted by Crippen LogP contribution is 2.17. The summed E-state index contributed by atoms with van der Waals surface area (Å²) >= 11 is 1.60. The highest BCUT2D eigenvalue weighted by molar-refractivity contribution is 7.09. The van der Waals surface area contributed by atoms with Crippen LogP contribution in [0.4, 0.5) is 0 Å². The summed E-state index contributed by atoms with van der Waals surface area (Å²) in [4.78, 5) is 4.18. The Bertz CT molecular complexity index is 270. The van der Waals surface area contributed by atoms with Gasteiger partial charge in [-0.15, -0.1) is 11.3 Å². The maximum Gasteiger partial charge on any atom is 0.0953 e. The van der Waals surface area contributed by atoms with Crippen molar-refractivity contribution in [3.63, 3.8) is 0 Å². The Morgan fingerprint density at radius 2 is 2.33 bits per heavy atom. The first kappa shape index (κ1) is 12.6. The molecule has 0 aliphatic carbocycles. The molecule has 1 atom stereocenters. The standard InChI is InChI=1S/C11H20N2OS/c1-9(2)12-5-4-11(3,14)8-10-13-6-7-15-10/h6-7,9,12,14H,4-5,8H2,1-3H3. The van der Waals surface area contributed by atoms with Gasteiger partial charge in [0.15, 0.2) is 0 Å². The summed E-state index contributed by atoms with van der Waals surface area (Å²) in [7, 11) is 0. The molecule has 4 heteroatoms. The summed E-state index contributed by atoms with van der Waals surface area (Å²) in [6, 6.07) is 0.473. The smallest absolute Gasteiger partial charge is 0.0953 e. The summed E-state index contributed by atoms with van der Waals surface area (Å²) in [6.45, 7) is 6.93. The first-order chi connectivity index (χ1) is 6.99. The van der Waals surface area contributed by atoms with Crippen LogP contribution in [0.5, 0.6) is 0 Å². The molecule has 1 unspecified atom stereocenters. The molecule has 0 aromatic carbocycles. The minimum atomic E-state index is -0.653. The Kier molecular flexibility index (Phi) is 4.70. The number of hydrogen-bond acceptors (Lipinski definition) is 4. The number of aliphatic hydroxyl groups is 1. The van der Waals surface area contributed by atoms with Crippen LogP contribution in [0, 0.1) is 0 Å². The zero-order valence-corrected chi connectivity index (χ0v) is 10.5. The van der Waals surface area contributed by atoms with Gasteiger partial charge in [0.05, 0.1) is 10.6 Å². The number of nitrogens with zero attached hydrogens (tertiary/aromatic N) is 1. The molecule has 0 aliphatic rings. The van der Waals surface area contributed by atoms with E-state index in [0.717, 1.165) is 18.0 Å². The lowest BCUT2D eigenvalue weighted by molar-refractivity contribution is 0.0510. The average molecular weight is 228 g/mol. The minimum Gasteiger partial charge on any atom is -0.390 e. The molecule has 0 radical (unpaired) electrons. The molecule has 0 saturated heterocycles. The van der Waals surface area contributed by atoms with E-state index in [1.54, 1.807) is 17.5 Å². The van der Waals surface area contributed by atoms with Gasteiger partial charge in [-0.05, 0) is 19.9 Å². The quantitative estimate of drug-likeness (QED) is 0.780. The lowest BCUT2D eigenvalue weighted by atomic mass is 9.98. The minimum absolute atomic E-state index is 0.473. The molecule has 0 fully saturated rings. The monoisotopic (exact) mass is 228 g/mol. The van der Waals surface area contributed by atoms with Gasteiger partial charge in [0.25, 0.3) is 0 Å². The van der Waals surface area contributed by atoms with Crippen molar-refractivity contribution >= 4 is 11.3 Å². The average Bonchev–Trinajstić information content (AvgIpc) is 2.54.